The van der Waals surface area contributed by atoms with Crippen molar-refractivity contribution in [3.63, 3.8) is 0 Å². The second kappa shape index (κ2) is 7.41. The molecule has 4 heterocycles. The third-order valence-corrected chi connectivity index (χ3v) is 5.32. The zero-order valence-electron chi connectivity index (χ0n) is 16.9. The largest absolute Gasteiger partial charge is 0.433 e. The van der Waals surface area contributed by atoms with Gasteiger partial charge < -0.3 is 9.42 Å². The van der Waals surface area contributed by atoms with Crippen molar-refractivity contribution >= 4 is 11.6 Å². The number of aryl methyl sites for hydroxylation is 1. The summed E-state index contributed by atoms with van der Waals surface area (Å²) in [5.74, 6) is 0.378. The Kier molecular flexibility index (Phi) is 5.03. The average molecular weight is 421 g/mol. The van der Waals surface area contributed by atoms with Crippen LogP contribution in [0.5, 0.6) is 0 Å². The number of likely N-dealkylation sites (tertiary alicyclic amines) is 1. The first-order valence-electron chi connectivity index (χ1n) is 9.93. The molecule has 30 heavy (non-hydrogen) atoms. The van der Waals surface area contributed by atoms with E-state index in [2.05, 4.69) is 15.2 Å². The summed E-state index contributed by atoms with van der Waals surface area (Å²) in [5.41, 5.74) is 0.171. The quantitative estimate of drug-likeness (QED) is 0.624. The van der Waals surface area contributed by atoms with Gasteiger partial charge in [0.2, 0.25) is 0 Å². The first kappa shape index (κ1) is 20.4. The predicted molar refractivity (Wildman–Crippen MR) is 101 cm³/mol. The molecule has 0 bridgehead atoms. The highest BCUT2D eigenvalue weighted by molar-refractivity contribution is 5.92. The lowest BCUT2D eigenvalue weighted by Gasteiger charge is -2.22. The molecule has 1 atom stereocenters. The third kappa shape index (κ3) is 3.54. The van der Waals surface area contributed by atoms with Crippen LogP contribution in [0.1, 0.15) is 78.9 Å². The van der Waals surface area contributed by atoms with Gasteiger partial charge in [0, 0.05) is 30.3 Å². The number of carbonyl (C=O) groups is 1. The van der Waals surface area contributed by atoms with Gasteiger partial charge >= 0.3 is 6.18 Å². The summed E-state index contributed by atoms with van der Waals surface area (Å²) < 4.78 is 46.7. The van der Waals surface area contributed by atoms with Gasteiger partial charge in [0.15, 0.2) is 11.3 Å². The summed E-state index contributed by atoms with van der Waals surface area (Å²) in [6.45, 7) is 6.08. The van der Waals surface area contributed by atoms with Crippen molar-refractivity contribution in [1.29, 1.82) is 0 Å². The van der Waals surface area contributed by atoms with Crippen LogP contribution in [0.15, 0.2) is 22.7 Å². The van der Waals surface area contributed by atoms with Gasteiger partial charge in [-0.3, -0.25) is 4.79 Å². The van der Waals surface area contributed by atoms with Crippen molar-refractivity contribution < 1.29 is 22.5 Å². The van der Waals surface area contributed by atoms with E-state index in [0.717, 1.165) is 17.0 Å². The molecule has 160 valence electrons. The molecular formula is C20H22F3N5O2. The summed E-state index contributed by atoms with van der Waals surface area (Å²) in [6, 6.07) is 3.73. The molecule has 1 aliphatic rings. The number of aromatic nitrogens is 4. The van der Waals surface area contributed by atoms with E-state index in [4.69, 9.17) is 4.52 Å². The van der Waals surface area contributed by atoms with Crippen molar-refractivity contribution in [2.45, 2.75) is 58.2 Å². The molecule has 1 amide bonds. The second-order valence-corrected chi connectivity index (χ2v) is 7.75. The van der Waals surface area contributed by atoms with Gasteiger partial charge in [0.1, 0.15) is 11.5 Å². The Labute approximate surface area is 170 Å². The number of amides is 1. The van der Waals surface area contributed by atoms with Crippen LogP contribution in [0.2, 0.25) is 0 Å². The molecule has 10 heteroatoms. The van der Waals surface area contributed by atoms with Gasteiger partial charge in [-0.1, -0.05) is 25.9 Å². The minimum absolute atomic E-state index is 0.0893. The van der Waals surface area contributed by atoms with E-state index in [1.54, 1.807) is 17.9 Å². The summed E-state index contributed by atoms with van der Waals surface area (Å²) >= 11 is 0. The molecule has 1 fully saturated rings. The average Bonchev–Trinajstić information content (AvgIpc) is 3.43. The van der Waals surface area contributed by atoms with E-state index >= 15 is 0 Å². The molecule has 0 N–H and O–H groups in total. The SMILES string of the molecule is CCc1cc(C(F)(F)F)n2nc(C3CCCN3C(=O)c3cc(C(C)C)on3)cc2n1. The molecule has 1 saturated heterocycles. The zero-order chi connectivity index (χ0) is 21.6. The van der Waals surface area contributed by atoms with Crippen LogP contribution in [0.25, 0.3) is 5.65 Å². The highest BCUT2D eigenvalue weighted by Gasteiger charge is 2.37. The Morgan fingerprint density at radius 3 is 2.70 bits per heavy atom. The maximum Gasteiger partial charge on any atom is 0.433 e. The van der Waals surface area contributed by atoms with Crippen LogP contribution >= 0.6 is 0 Å². The molecule has 1 aliphatic heterocycles. The van der Waals surface area contributed by atoms with Crippen LogP contribution in [-0.4, -0.2) is 37.1 Å². The molecule has 7 nitrogen and oxygen atoms in total. The summed E-state index contributed by atoms with van der Waals surface area (Å²) in [4.78, 5) is 18.9. The van der Waals surface area contributed by atoms with E-state index in [-0.39, 0.29) is 23.2 Å². The Balaban J connectivity index is 1.71. The molecule has 0 radical (unpaired) electrons. The van der Waals surface area contributed by atoms with E-state index in [1.165, 1.54) is 6.07 Å². The van der Waals surface area contributed by atoms with Gasteiger partial charge in [-0.05, 0) is 25.3 Å². The monoisotopic (exact) mass is 421 g/mol. The Bertz CT molecular complexity index is 1090. The van der Waals surface area contributed by atoms with Gasteiger partial charge in [-0.25, -0.2) is 9.50 Å². The van der Waals surface area contributed by atoms with E-state index < -0.39 is 17.9 Å². The van der Waals surface area contributed by atoms with Gasteiger partial charge in [-0.2, -0.15) is 18.3 Å². The van der Waals surface area contributed by atoms with E-state index in [0.29, 0.717) is 36.5 Å². The fourth-order valence-corrected chi connectivity index (χ4v) is 3.72. The third-order valence-electron chi connectivity index (χ3n) is 5.32. The first-order chi connectivity index (χ1) is 14.2. The minimum atomic E-state index is -4.56. The lowest BCUT2D eigenvalue weighted by molar-refractivity contribution is -0.142. The number of alkyl halides is 3. The lowest BCUT2D eigenvalue weighted by Crippen LogP contribution is -2.31. The van der Waals surface area contributed by atoms with E-state index in [1.807, 2.05) is 13.8 Å². The number of rotatable bonds is 4. The van der Waals surface area contributed by atoms with Crippen molar-refractivity contribution in [2.24, 2.45) is 0 Å². The number of fused-ring (bicyclic) bond motifs is 1. The van der Waals surface area contributed by atoms with Crippen LogP contribution in [-0.2, 0) is 12.6 Å². The fourth-order valence-electron chi connectivity index (χ4n) is 3.72. The number of hydrogen-bond donors (Lipinski definition) is 0. The van der Waals surface area contributed by atoms with E-state index in [9.17, 15) is 18.0 Å². The maximum absolute atomic E-state index is 13.5. The molecule has 4 rings (SSSR count). The molecule has 0 spiro atoms. The molecule has 0 saturated carbocycles. The fraction of sp³-hybridized carbons (Fsp3) is 0.500. The van der Waals surface area contributed by atoms with Crippen molar-refractivity contribution in [3.8, 4) is 0 Å². The van der Waals surface area contributed by atoms with Crippen molar-refractivity contribution in [2.75, 3.05) is 6.54 Å². The predicted octanol–water partition coefficient (Wildman–Crippen LogP) is 4.40. The van der Waals surface area contributed by atoms with Gasteiger partial charge in [-0.15, -0.1) is 0 Å². The van der Waals surface area contributed by atoms with Crippen molar-refractivity contribution in [3.05, 3.63) is 46.7 Å². The van der Waals surface area contributed by atoms with Gasteiger partial charge in [0.25, 0.3) is 5.91 Å². The summed E-state index contributed by atoms with van der Waals surface area (Å²) in [7, 11) is 0. The van der Waals surface area contributed by atoms with Crippen LogP contribution in [0, 0.1) is 0 Å². The molecule has 3 aromatic rings. The molecule has 0 aromatic carbocycles. The number of carbonyl (C=O) groups excluding carboxylic acids is 1. The van der Waals surface area contributed by atoms with Crippen LogP contribution in [0.4, 0.5) is 13.2 Å². The lowest BCUT2D eigenvalue weighted by atomic mass is 10.1. The van der Waals surface area contributed by atoms with Crippen LogP contribution in [0.3, 0.4) is 0 Å². The first-order valence-corrected chi connectivity index (χ1v) is 9.93. The van der Waals surface area contributed by atoms with Crippen molar-refractivity contribution in [1.82, 2.24) is 24.7 Å². The summed E-state index contributed by atoms with van der Waals surface area (Å²) in [5, 5.41) is 8.06. The van der Waals surface area contributed by atoms with Crippen LogP contribution < -0.4 is 0 Å². The van der Waals surface area contributed by atoms with Gasteiger partial charge in [0.05, 0.1) is 11.7 Å². The Morgan fingerprint density at radius 2 is 2.07 bits per heavy atom. The number of halogens is 3. The Morgan fingerprint density at radius 1 is 1.30 bits per heavy atom. The minimum Gasteiger partial charge on any atom is -0.360 e. The smallest absolute Gasteiger partial charge is 0.360 e. The molecule has 3 aromatic heterocycles. The molecular weight excluding hydrogens is 399 g/mol. The standard InChI is InChI=1S/C20H22F3N5O2/c1-4-12-8-17(20(21,22)23)28-18(24-12)10-13(25-28)15-6-5-7-27(15)19(29)14-9-16(11(2)3)30-26-14/h8-11,15H,4-7H2,1-3H3. The number of nitrogens with zero attached hydrogens (tertiary/aromatic N) is 5. The highest BCUT2D eigenvalue weighted by atomic mass is 19.4. The molecule has 0 aliphatic carbocycles. The molecule has 1 unspecified atom stereocenters. The Hall–Kier alpha value is -2.91. The maximum atomic E-state index is 13.5. The summed E-state index contributed by atoms with van der Waals surface area (Å²) in [6.07, 6.45) is -2.86. The zero-order valence-corrected chi connectivity index (χ0v) is 16.9. The highest BCUT2D eigenvalue weighted by Crippen LogP contribution is 2.35. The normalized spacial score (nSPS) is 17.4. The number of hydrogen-bond acceptors (Lipinski definition) is 5. The second-order valence-electron chi connectivity index (χ2n) is 7.75. The topological polar surface area (TPSA) is 76.5 Å².